The maximum absolute atomic E-state index is 11.9. The van der Waals surface area contributed by atoms with Crippen LogP contribution < -0.4 is 5.32 Å². The highest BCUT2D eigenvalue weighted by Gasteiger charge is 2.10. The largest absolute Gasteiger partial charge is 0.347 e. The first-order chi connectivity index (χ1) is 12.6. The Balaban J connectivity index is 1.44. The van der Waals surface area contributed by atoms with Crippen molar-refractivity contribution in [3.8, 4) is 11.4 Å². The van der Waals surface area contributed by atoms with E-state index in [2.05, 4.69) is 15.5 Å². The molecule has 2 aromatic carbocycles. The number of halogens is 1. The number of benzene rings is 2. The van der Waals surface area contributed by atoms with Gasteiger partial charge >= 0.3 is 0 Å². The van der Waals surface area contributed by atoms with Gasteiger partial charge in [0.2, 0.25) is 17.6 Å². The van der Waals surface area contributed by atoms with Gasteiger partial charge in [0.05, 0.1) is 6.54 Å². The van der Waals surface area contributed by atoms with Crippen LogP contribution in [-0.2, 0) is 11.3 Å². The molecule has 0 aliphatic heterocycles. The molecule has 0 saturated heterocycles. The average Bonchev–Trinajstić information content (AvgIpc) is 3.11. The highest BCUT2D eigenvalue weighted by molar-refractivity contribution is 7.99. The van der Waals surface area contributed by atoms with Gasteiger partial charge in [-0.1, -0.05) is 40.5 Å². The number of nitrogens with zero attached hydrogens (tertiary/aromatic N) is 2. The van der Waals surface area contributed by atoms with Crippen LogP contribution in [0.1, 0.15) is 17.9 Å². The van der Waals surface area contributed by atoms with Gasteiger partial charge in [-0.15, -0.1) is 11.8 Å². The van der Waals surface area contributed by atoms with E-state index in [1.165, 1.54) is 0 Å². The lowest BCUT2D eigenvalue weighted by Gasteiger charge is -2.03. The number of thioether (sulfide) groups is 1. The number of aromatic nitrogens is 2. The van der Waals surface area contributed by atoms with Crippen molar-refractivity contribution >= 4 is 29.3 Å². The Morgan fingerprint density at radius 3 is 2.81 bits per heavy atom. The van der Waals surface area contributed by atoms with Crippen molar-refractivity contribution in [1.29, 1.82) is 0 Å². The Morgan fingerprint density at radius 1 is 1.23 bits per heavy atom. The molecule has 0 unspecified atom stereocenters. The first-order valence-electron chi connectivity index (χ1n) is 8.15. The molecular weight excluding hydrogens is 370 g/mol. The molecule has 3 rings (SSSR count). The Labute approximate surface area is 161 Å². The molecule has 0 radical (unpaired) electrons. The summed E-state index contributed by atoms with van der Waals surface area (Å²) in [6.45, 7) is 2.23. The minimum atomic E-state index is -0.0539. The van der Waals surface area contributed by atoms with Crippen LogP contribution in [0.25, 0.3) is 11.4 Å². The summed E-state index contributed by atoms with van der Waals surface area (Å²) in [4.78, 5) is 17.4. The van der Waals surface area contributed by atoms with Crippen LogP contribution in [-0.4, -0.2) is 21.8 Å². The van der Waals surface area contributed by atoms with E-state index in [-0.39, 0.29) is 12.5 Å². The Kier molecular flexibility index (Phi) is 6.30. The zero-order valence-corrected chi connectivity index (χ0v) is 15.8. The van der Waals surface area contributed by atoms with Crippen LogP contribution in [0.2, 0.25) is 5.02 Å². The molecule has 0 fully saturated rings. The number of nitrogens with one attached hydrogen (secondary N) is 1. The van der Waals surface area contributed by atoms with Gasteiger partial charge in [0.25, 0.3) is 0 Å². The minimum Gasteiger partial charge on any atom is -0.347 e. The number of carbonyl (C=O) groups excluding carboxylic acids is 1. The Morgan fingerprint density at radius 2 is 2.04 bits per heavy atom. The lowest BCUT2D eigenvalue weighted by atomic mass is 10.1. The standard InChI is InChI=1S/C19H18ClN3O2S/c1-13-3-2-4-14(11-13)19-22-18(25-23-19)12-21-17(24)9-10-26-16-7-5-15(20)6-8-16/h2-8,11H,9-10,12H2,1H3,(H,21,24). The second kappa shape index (κ2) is 8.87. The quantitative estimate of drug-likeness (QED) is 0.604. The molecule has 0 saturated carbocycles. The second-order valence-corrected chi connectivity index (χ2v) is 7.32. The van der Waals surface area contributed by atoms with Crippen molar-refractivity contribution in [3.05, 3.63) is 65.0 Å². The van der Waals surface area contributed by atoms with Crippen molar-refractivity contribution in [1.82, 2.24) is 15.5 Å². The number of rotatable bonds is 7. The molecule has 1 N–H and O–H groups in total. The summed E-state index contributed by atoms with van der Waals surface area (Å²) in [5.74, 6) is 1.55. The van der Waals surface area contributed by atoms with E-state index in [0.717, 1.165) is 16.0 Å². The van der Waals surface area contributed by atoms with Gasteiger partial charge in [-0.3, -0.25) is 4.79 Å². The highest BCUT2D eigenvalue weighted by Crippen LogP contribution is 2.21. The van der Waals surface area contributed by atoms with Crippen LogP contribution >= 0.6 is 23.4 Å². The summed E-state index contributed by atoms with van der Waals surface area (Å²) in [6, 6.07) is 15.4. The SMILES string of the molecule is Cc1cccc(-c2noc(CNC(=O)CCSc3ccc(Cl)cc3)n2)c1. The number of amides is 1. The predicted molar refractivity (Wildman–Crippen MR) is 103 cm³/mol. The zero-order chi connectivity index (χ0) is 18.4. The smallest absolute Gasteiger partial charge is 0.246 e. The maximum Gasteiger partial charge on any atom is 0.246 e. The van der Waals surface area contributed by atoms with E-state index in [0.29, 0.717) is 28.9 Å². The van der Waals surface area contributed by atoms with Crippen LogP contribution in [0.5, 0.6) is 0 Å². The van der Waals surface area contributed by atoms with Crippen LogP contribution in [0.3, 0.4) is 0 Å². The molecule has 134 valence electrons. The van der Waals surface area contributed by atoms with Gasteiger partial charge in [-0.25, -0.2) is 0 Å². The first-order valence-corrected chi connectivity index (χ1v) is 9.51. The Hall–Kier alpha value is -2.31. The first kappa shape index (κ1) is 18.5. The van der Waals surface area contributed by atoms with Crippen molar-refractivity contribution in [2.24, 2.45) is 0 Å². The van der Waals surface area contributed by atoms with Crippen LogP contribution in [0, 0.1) is 6.92 Å². The molecule has 1 heterocycles. The third-order valence-corrected chi connectivity index (χ3v) is 4.86. The molecule has 0 bridgehead atoms. The van der Waals surface area contributed by atoms with Gasteiger partial charge in [0.15, 0.2) is 0 Å². The van der Waals surface area contributed by atoms with Crippen LogP contribution in [0.15, 0.2) is 57.9 Å². The van der Waals surface area contributed by atoms with Crippen LogP contribution in [0.4, 0.5) is 0 Å². The lowest BCUT2D eigenvalue weighted by molar-refractivity contribution is -0.120. The topological polar surface area (TPSA) is 68.0 Å². The van der Waals surface area contributed by atoms with E-state index < -0.39 is 0 Å². The summed E-state index contributed by atoms with van der Waals surface area (Å²) in [5.41, 5.74) is 2.02. The predicted octanol–water partition coefficient (Wildman–Crippen LogP) is 4.50. The molecule has 0 spiro atoms. The number of hydrogen-bond acceptors (Lipinski definition) is 5. The third kappa shape index (κ3) is 5.34. The fourth-order valence-electron chi connectivity index (χ4n) is 2.28. The van der Waals surface area contributed by atoms with Gasteiger partial charge in [0.1, 0.15) is 0 Å². The summed E-state index contributed by atoms with van der Waals surface area (Å²) in [7, 11) is 0. The second-order valence-electron chi connectivity index (χ2n) is 5.71. The number of carbonyl (C=O) groups is 1. The average molecular weight is 388 g/mol. The fraction of sp³-hybridized carbons (Fsp3) is 0.211. The van der Waals surface area contributed by atoms with Crippen molar-refractivity contribution in [2.45, 2.75) is 24.8 Å². The summed E-state index contributed by atoms with van der Waals surface area (Å²) < 4.78 is 5.20. The van der Waals surface area contributed by atoms with Gasteiger partial charge < -0.3 is 9.84 Å². The van der Waals surface area contributed by atoms with Gasteiger partial charge in [0, 0.05) is 27.7 Å². The summed E-state index contributed by atoms with van der Waals surface area (Å²) in [6.07, 6.45) is 0.409. The Bertz CT molecular complexity index is 881. The molecule has 0 aliphatic rings. The van der Waals surface area contributed by atoms with Crippen molar-refractivity contribution in [2.75, 3.05) is 5.75 Å². The van der Waals surface area contributed by atoms with Crippen molar-refractivity contribution < 1.29 is 9.32 Å². The third-order valence-electron chi connectivity index (χ3n) is 3.59. The number of aryl methyl sites for hydroxylation is 1. The molecular formula is C19H18ClN3O2S. The van der Waals surface area contributed by atoms with Gasteiger partial charge in [-0.2, -0.15) is 4.98 Å². The monoisotopic (exact) mass is 387 g/mol. The normalized spacial score (nSPS) is 10.7. The maximum atomic E-state index is 11.9. The van der Waals surface area contributed by atoms with E-state index >= 15 is 0 Å². The molecule has 0 aliphatic carbocycles. The summed E-state index contributed by atoms with van der Waals surface area (Å²) >= 11 is 7.46. The van der Waals surface area contributed by atoms with E-state index in [9.17, 15) is 4.79 Å². The highest BCUT2D eigenvalue weighted by atomic mass is 35.5. The fourth-order valence-corrected chi connectivity index (χ4v) is 3.26. The minimum absolute atomic E-state index is 0.0539. The summed E-state index contributed by atoms with van der Waals surface area (Å²) in [5, 5.41) is 7.47. The molecule has 7 heteroatoms. The molecule has 1 aromatic heterocycles. The van der Waals surface area contributed by atoms with E-state index in [1.807, 2.05) is 55.5 Å². The molecule has 1 amide bonds. The van der Waals surface area contributed by atoms with Gasteiger partial charge in [-0.05, 0) is 37.3 Å². The number of hydrogen-bond donors (Lipinski definition) is 1. The molecule has 5 nitrogen and oxygen atoms in total. The molecule has 0 atom stereocenters. The zero-order valence-electron chi connectivity index (χ0n) is 14.2. The van der Waals surface area contributed by atoms with Crippen molar-refractivity contribution in [3.63, 3.8) is 0 Å². The molecule has 26 heavy (non-hydrogen) atoms. The lowest BCUT2D eigenvalue weighted by Crippen LogP contribution is -2.23. The van der Waals surface area contributed by atoms with E-state index in [4.69, 9.17) is 16.1 Å². The van der Waals surface area contributed by atoms with E-state index in [1.54, 1.807) is 11.8 Å². The molecule has 3 aromatic rings.